The van der Waals surface area contributed by atoms with Gasteiger partial charge in [-0.1, -0.05) is 24.3 Å². The molecular weight excluding hydrogens is 370 g/mol. The van der Waals surface area contributed by atoms with E-state index in [1.54, 1.807) is 36.4 Å². The Bertz CT molecular complexity index is 629. The molecule has 0 saturated carbocycles. The molecule has 2 rings (SSSR count). The number of nitrogens with one attached hydrogen (secondary N) is 1. The first-order valence-electron chi connectivity index (χ1n) is 7.86. The minimum atomic E-state index is -0.657. The zero-order chi connectivity index (χ0) is 16.9. The van der Waals surface area contributed by atoms with Crippen LogP contribution < -0.4 is 5.32 Å². The van der Waals surface area contributed by atoms with Gasteiger partial charge in [0.2, 0.25) is 0 Å². The van der Waals surface area contributed by atoms with Gasteiger partial charge >= 0.3 is 0 Å². The van der Waals surface area contributed by atoms with Gasteiger partial charge in [0, 0.05) is 12.1 Å². The van der Waals surface area contributed by atoms with Crippen LogP contribution in [0, 0.1) is 0 Å². The van der Waals surface area contributed by atoms with E-state index in [0.29, 0.717) is 12.1 Å². The number of aliphatic hydroxyl groups is 1. The molecule has 0 amide bonds. The molecule has 0 fully saturated rings. The molecule has 132 valence electrons. The number of aryl methyl sites for hydroxylation is 1. The zero-order valence-corrected chi connectivity index (χ0v) is 15.8. The van der Waals surface area contributed by atoms with Crippen LogP contribution in [0.1, 0.15) is 37.5 Å². The Balaban J connectivity index is 0.00000288. The summed E-state index contributed by atoms with van der Waals surface area (Å²) in [4.78, 5) is 0. The van der Waals surface area contributed by atoms with E-state index in [1.165, 1.54) is 5.56 Å². The highest BCUT2D eigenvalue weighted by Crippen LogP contribution is 2.20. The Morgan fingerprint density at radius 1 is 1.00 bits per heavy atom. The highest BCUT2D eigenvalue weighted by molar-refractivity contribution is 8.93. The van der Waals surface area contributed by atoms with E-state index >= 15 is 0 Å². The van der Waals surface area contributed by atoms with Crippen molar-refractivity contribution in [2.75, 3.05) is 6.54 Å². The van der Waals surface area contributed by atoms with Crippen LogP contribution in [0.5, 0.6) is 11.5 Å². The van der Waals surface area contributed by atoms with Crippen molar-refractivity contribution in [3.05, 3.63) is 59.7 Å². The standard InChI is InChI=1S/C19H25NO3.BrH/c1-19(2,11-10-14-6-8-16(21)9-7-14)20-13-18(23)15-4-3-5-17(22)12-15;/h3-9,12,18,20-23H,10-11,13H2,1-2H3;1H. The Labute approximate surface area is 153 Å². The summed E-state index contributed by atoms with van der Waals surface area (Å²) in [6.45, 7) is 4.62. The van der Waals surface area contributed by atoms with Crippen LogP contribution in [-0.4, -0.2) is 27.4 Å². The van der Waals surface area contributed by atoms with Gasteiger partial charge in [0.25, 0.3) is 0 Å². The van der Waals surface area contributed by atoms with E-state index in [-0.39, 0.29) is 34.0 Å². The maximum absolute atomic E-state index is 10.2. The number of hydrogen-bond donors (Lipinski definition) is 4. The summed E-state index contributed by atoms with van der Waals surface area (Å²) >= 11 is 0. The molecule has 0 spiro atoms. The van der Waals surface area contributed by atoms with Gasteiger partial charge in [-0.25, -0.2) is 0 Å². The Hall–Kier alpha value is -1.56. The van der Waals surface area contributed by atoms with Crippen molar-refractivity contribution in [1.29, 1.82) is 0 Å². The predicted octanol–water partition coefficient (Wildman–Crippen LogP) is 3.71. The van der Waals surface area contributed by atoms with E-state index < -0.39 is 6.10 Å². The van der Waals surface area contributed by atoms with Crippen LogP contribution in [0.4, 0.5) is 0 Å². The number of aromatic hydroxyl groups is 2. The van der Waals surface area contributed by atoms with Crippen molar-refractivity contribution < 1.29 is 15.3 Å². The fraction of sp³-hybridized carbons (Fsp3) is 0.368. The van der Waals surface area contributed by atoms with Crippen LogP contribution in [0.3, 0.4) is 0 Å². The van der Waals surface area contributed by atoms with Gasteiger partial charge in [-0.15, -0.1) is 17.0 Å². The monoisotopic (exact) mass is 395 g/mol. The third kappa shape index (κ3) is 6.51. The molecule has 4 N–H and O–H groups in total. The van der Waals surface area contributed by atoms with Gasteiger partial charge in [0.1, 0.15) is 11.5 Å². The quantitative estimate of drug-likeness (QED) is 0.576. The summed E-state index contributed by atoms with van der Waals surface area (Å²) < 4.78 is 0. The Kier molecular flexibility index (Phi) is 7.73. The smallest absolute Gasteiger partial charge is 0.115 e. The zero-order valence-electron chi connectivity index (χ0n) is 14.1. The van der Waals surface area contributed by atoms with E-state index in [0.717, 1.165) is 12.8 Å². The fourth-order valence-corrected chi connectivity index (χ4v) is 2.43. The lowest BCUT2D eigenvalue weighted by molar-refractivity contribution is 0.159. The van der Waals surface area contributed by atoms with Gasteiger partial charge in [-0.3, -0.25) is 0 Å². The highest BCUT2D eigenvalue weighted by atomic mass is 79.9. The Morgan fingerprint density at radius 3 is 2.29 bits per heavy atom. The molecule has 0 saturated heterocycles. The maximum Gasteiger partial charge on any atom is 0.115 e. The van der Waals surface area contributed by atoms with Crippen LogP contribution in [-0.2, 0) is 6.42 Å². The molecule has 1 unspecified atom stereocenters. The number of β-amino-alcohol motifs (C(OH)–C–C–N with tert-alkyl or cyclic N) is 1. The minimum Gasteiger partial charge on any atom is -0.508 e. The van der Waals surface area contributed by atoms with Gasteiger partial charge in [0.15, 0.2) is 0 Å². The second-order valence-corrected chi connectivity index (χ2v) is 6.54. The molecule has 0 heterocycles. The second kappa shape index (κ2) is 9.06. The number of aliphatic hydroxyl groups excluding tert-OH is 1. The van der Waals surface area contributed by atoms with Crippen LogP contribution >= 0.6 is 17.0 Å². The molecule has 0 aliphatic carbocycles. The van der Waals surface area contributed by atoms with Crippen LogP contribution in [0.2, 0.25) is 0 Å². The molecular formula is C19H26BrNO3. The first kappa shape index (κ1) is 20.5. The predicted molar refractivity (Wildman–Crippen MR) is 102 cm³/mol. The number of hydrogen-bond acceptors (Lipinski definition) is 4. The molecule has 0 aromatic heterocycles. The molecule has 2 aromatic carbocycles. The van der Waals surface area contributed by atoms with Gasteiger partial charge in [-0.2, -0.15) is 0 Å². The molecule has 4 nitrogen and oxygen atoms in total. The molecule has 0 aliphatic rings. The molecule has 0 bridgehead atoms. The summed E-state index contributed by atoms with van der Waals surface area (Å²) in [5.74, 6) is 0.438. The average Bonchev–Trinajstić information content (AvgIpc) is 2.52. The summed E-state index contributed by atoms with van der Waals surface area (Å²) in [5.41, 5.74) is 1.74. The first-order chi connectivity index (χ1) is 10.9. The largest absolute Gasteiger partial charge is 0.508 e. The normalized spacial score (nSPS) is 12.5. The van der Waals surface area contributed by atoms with Crippen molar-refractivity contribution >= 4 is 17.0 Å². The minimum absolute atomic E-state index is 0. The fourth-order valence-electron chi connectivity index (χ4n) is 2.43. The number of benzene rings is 2. The van der Waals surface area contributed by atoms with Gasteiger partial charge in [0.05, 0.1) is 6.10 Å². The van der Waals surface area contributed by atoms with E-state index in [2.05, 4.69) is 19.2 Å². The van der Waals surface area contributed by atoms with Crippen molar-refractivity contribution in [2.45, 2.75) is 38.3 Å². The average molecular weight is 396 g/mol. The van der Waals surface area contributed by atoms with Crippen LogP contribution in [0.25, 0.3) is 0 Å². The van der Waals surface area contributed by atoms with E-state index in [1.807, 2.05) is 12.1 Å². The lowest BCUT2D eigenvalue weighted by Gasteiger charge is -2.28. The number of rotatable bonds is 7. The molecule has 2 aromatic rings. The maximum atomic E-state index is 10.2. The molecule has 5 heteroatoms. The summed E-state index contributed by atoms with van der Waals surface area (Å²) in [6, 6.07) is 13.9. The number of phenolic OH excluding ortho intramolecular Hbond substituents is 2. The second-order valence-electron chi connectivity index (χ2n) is 6.54. The van der Waals surface area contributed by atoms with Crippen LogP contribution in [0.15, 0.2) is 48.5 Å². The highest BCUT2D eigenvalue weighted by Gasteiger charge is 2.19. The van der Waals surface area contributed by atoms with Crippen molar-refractivity contribution in [3.63, 3.8) is 0 Å². The Morgan fingerprint density at radius 2 is 1.67 bits per heavy atom. The summed E-state index contributed by atoms with van der Waals surface area (Å²) in [5, 5.41) is 32.4. The third-order valence-electron chi connectivity index (χ3n) is 4.00. The number of halogens is 1. The van der Waals surface area contributed by atoms with Crippen molar-refractivity contribution in [1.82, 2.24) is 5.32 Å². The van der Waals surface area contributed by atoms with Gasteiger partial charge < -0.3 is 20.6 Å². The molecule has 0 radical (unpaired) electrons. The summed E-state index contributed by atoms with van der Waals surface area (Å²) in [6.07, 6.45) is 1.14. The third-order valence-corrected chi connectivity index (χ3v) is 4.00. The first-order valence-corrected chi connectivity index (χ1v) is 7.86. The topological polar surface area (TPSA) is 72.7 Å². The molecule has 1 atom stereocenters. The SMILES string of the molecule is Br.CC(C)(CCc1ccc(O)cc1)NCC(O)c1cccc(O)c1. The van der Waals surface area contributed by atoms with Gasteiger partial charge in [-0.05, 0) is 62.1 Å². The summed E-state index contributed by atoms with van der Waals surface area (Å²) in [7, 11) is 0. The lowest BCUT2D eigenvalue weighted by atomic mass is 9.94. The van der Waals surface area contributed by atoms with E-state index in [4.69, 9.17) is 0 Å². The van der Waals surface area contributed by atoms with Crippen molar-refractivity contribution in [2.24, 2.45) is 0 Å². The molecule has 24 heavy (non-hydrogen) atoms. The van der Waals surface area contributed by atoms with E-state index in [9.17, 15) is 15.3 Å². The lowest BCUT2D eigenvalue weighted by Crippen LogP contribution is -2.41. The molecule has 0 aliphatic heterocycles. The number of phenols is 2. The van der Waals surface area contributed by atoms with Crippen molar-refractivity contribution in [3.8, 4) is 11.5 Å².